The van der Waals surface area contributed by atoms with Crippen molar-refractivity contribution in [2.45, 2.75) is 43.9 Å². The molecule has 1 heterocycles. The monoisotopic (exact) mass is 423 g/mol. The van der Waals surface area contributed by atoms with Gasteiger partial charge in [-0.1, -0.05) is 12.8 Å². The maximum Gasteiger partial charge on any atom is 0.257 e. The molecule has 1 saturated heterocycles. The van der Waals surface area contributed by atoms with E-state index in [4.69, 9.17) is 4.74 Å². The van der Waals surface area contributed by atoms with Crippen LogP contribution in [0.15, 0.2) is 29.2 Å². The van der Waals surface area contributed by atoms with E-state index in [1.54, 1.807) is 0 Å². The molecule has 0 unspecified atom stereocenters. The molecule has 0 radical (unpaired) electrons. The van der Waals surface area contributed by atoms with E-state index in [2.05, 4.69) is 5.43 Å². The van der Waals surface area contributed by atoms with Crippen LogP contribution in [-0.2, 0) is 24.4 Å². The highest BCUT2D eigenvalue weighted by Crippen LogP contribution is 2.37. The summed E-state index contributed by atoms with van der Waals surface area (Å²) in [5.41, 5.74) is 2.12. The first-order valence-corrected chi connectivity index (χ1v) is 11.2. The maximum atomic E-state index is 12.4. The molecular formula is C19H25N3O6S. The average molecular weight is 423 g/mol. The van der Waals surface area contributed by atoms with Crippen molar-refractivity contribution in [3.63, 3.8) is 0 Å². The second kappa shape index (κ2) is 8.91. The molecule has 10 heteroatoms. The molecule has 0 spiro atoms. The van der Waals surface area contributed by atoms with E-state index in [-0.39, 0.29) is 41.5 Å². The van der Waals surface area contributed by atoms with Gasteiger partial charge in [-0.15, -0.1) is 4.83 Å². The molecule has 1 aromatic carbocycles. The molecule has 2 N–H and O–H groups in total. The zero-order chi connectivity index (χ0) is 21.0. The lowest BCUT2D eigenvalue weighted by molar-refractivity contribution is -0.140. The first-order chi connectivity index (χ1) is 13.8. The highest BCUT2D eigenvalue weighted by molar-refractivity contribution is 7.89. The molecule has 2 atom stereocenters. The Morgan fingerprint density at radius 1 is 1.10 bits per heavy atom. The molecule has 1 aliphatic carbocycles. The number of hydrazine groups is 1. The summed E-state index contributed by atoms with van der Waals surface area (Å²) >= 11 is 0. The Bertz CT molecular complexity index is 860. The molecule has 2 fully saturated rings. The Balaban J connectivity index is 1.50. The normalized spacial score (nSPS) is 21.8. The van der Waals surface area contributed by atoms with Gasteiger partial charge in [-0.2, -0.15) is 0 Å². The quantitative estimate of drug-likeness (QED) is 0.474. The van der Waals surface area contributed by atoms with Crippen LogP contribution >= 0.6 is 0 Å². The molecule has 2 aliphatic rings. The van der Waals surface area contributed by atoms with Crippen molar-refractivity contribution in [2.24, 2.45) is 11.8 Å². The molecule has 3 rings (SSSR count). The van der Waals surface area contributed by atoms with E-state index >= 15 is 0 Å². The number of carbonyl (C=O) groups is 3. The minimum atomic E-state index is -3.95. The maximum absolute atomic E-state index is 12.4. The fourth-order valence-electron chi connectivity index (χ4n) is 3.79. The summed E-state index contributed by atoms with van der Waals surface area (Å²) < 4.78 is 29.8. The Hall–Kier alpha value is -2.46. The van der Waals surface area contributed by atoms with Crippen LogP contribution in [0.25, 0.3) is 0 Å². The molecule has 1 aromatic rings. The first-order valence-electron chi connectivity index (χ1n) is 9.72. The van der Waals surface area contributed by atoms with Crippen LogP contribution in [-0.4, -0.2) is 44.2 Å². The molecule has 1 aliphatic heterocycles. The second-order valence-electron chi connectivity index (χ2n) is 7.13. The van der Waals surface area contributed by atoms with Crippen molar-refractivity contribution in [2.75, 3.05) is 13.2 Å². The van der Waals surface area contributed by atoms with Gasteiger partial charge in [-0.05, 0) is 44.0 Å². The van der Waals surface area contributed by atoms with Crippen molar-refractivity contribution < 1.29 is 27.5 Å². The molecule has 158 valence electrons. The van der Waals surface area contributed by atoms with Crippen LogP contribution in [0.4, 0.5) is 0 Å². The number of likely N-dealkylation sites (tertiary alicyclic amines) is 1. The number of rotatable bonds is 8. The van der Waals surface area contributed by atoms with E-state index < -0.39 is 15.9 Å². The van der Waals surface area contributed by atoms with Gasteiger partial charge in [0, 0.05) is 13.0 Å². The van der Waals surface area contributed by atoms with Gasteiger partial charge in [0.05, 0.1) is 23.3 Å². The van der Waals surface area contributed by atoms with Crippen molar-refractivity contribution in [1.82, 2.24) is 15.2 Å². The lowest BCUT2D eigenvalue weighted by Gasteiger charge is -2.19. The lowest BCUT2D eigenvalue weighted by atomic mass is 9.81. The van der Waals surface area contributed by atoms with E-state index in [9.17, 15) is 22.8 Å². The van der Waals surface area contributed by atoms with Crippen molar-refractivity contribution in [3.05, 3.63) is 24.3 Å². The van der Waals surface area contributed by atoms with Crippen molar-refractivity contribution in [3.8, 4) is 5.75 Å². The molecule has 3 amide bonds. The van der Waals surface area contributed by atoms with Gasteiger partial charge in [0.2, 0.25) is 17.7 Å². The van der Waals surface area contributed by atoms with Crippen LogP contribution < -0.4 is 15.0 Å². The van der Waals surface area contributed by atoms with Crippen LogP contribution in [0, 0.1) is 11.8 Å². The summed E-state index contributed by atoms with van der Waals surface area (Å²) in [6.07, 6.45) is 3.10. The molecular weight excluding hydrogens is 398 g/mol. The van der Waals surface area contributed by atoms with Crippen LogP contribution in [0.3, 0.4) is 0 Å². The summed E-state index contributed by atoms with van der Waals surface area (Å²) in [4.78, 5) is 39.9. The summed E-state index contributed by atoms with van der Waals surface area (Å²) in [6, 6.07) is 5.76. The topological polar surface area (TPSA) is 122 Å². The summed E-state index contributed by atoms with van der Waals surface area (Å²) in [5.74, 6) is -1.06. The smallest absolute Gasteiger partial charge is 0.257 e. The average Bonchev–Trinajstić information content (AvgIpc) is 2.96. The van der Waals surface area contributed by atoms with Gasteiger partial charge in [0.15, 0.2) is 0 Å². The van der Waals surface area contributed by atoms with Crippen molar-refractivity contribution in [1.29, 1.82) is 0 Å². The predicted octanol–water partition coefficient (Wildman–Crippen LogP) is 0.960. The fraction of sp³-hybridized carbons (Fsp3) is 0.526. The molecule has 29 heavy (non-hydrogen) atoms. The second-order valence-corrected chi connectivity index (χ2v) is 8.82. The van der Waals surface area contributed by atoms with E-state index in [1.165, 1.54) is 24.3 Å². The molecule has 0 aromatic heterocycles. The van der Waals surface area contributed by atoms with Crippen LogP contribution in [0.2, 0.25) is 0 Å². The number of carbonyl (C=O) groups excluding carboxylic acids is 3. The third-order valence-electron chi connectivity index (χ3n) is 5.26. The standard InChI is InChI=1S/C19H25N3O6S/c1-2-28-13-7-9-14(10-8-13)29(26,27)21-20-17(23)11-12-22-18(24)15-5-3-4-6-16(15)19(22)25/h7-10,15-16,21H,2-6,11-12H2,1H3,(H,20,23)/t15-,16-/m0/s1. The lowest BCUT2D eigenvalue weighted by Crippen LogP contribution is -2.43. The zero-order valence-corrected chi connectivity index (χ0v) is 17.0. The number of sulfonamides is 1. The number of amides is 3. The number of nitrogens with zero attached hydrogens (tertiary/aromatic N) is 1. The molecule has 9 nitrogen and oxygen atoms in total. The SMILES string of the molecule is CCOc1ccc(S(=O)(=O)NNC(=O)CCN2C(=O)[C@H]3CCCC[C@@H]3C2=O)cc1. The zero-order valence-electron chi connectivity index (χ0n) is 16.2. The van der Waals surface area contributed by atoms with Gasteiger partial charge in [-0.3, -0.25) is 24.7 Å². The number of ether oxygens (including phenoxy) is 1. The van der Waals surface area contributed by atoms with Crippen molar-refractivity contribution >= 4 is 27.7 Å². The predicted molar refractivity (Wildman–Crippen MR) is 103 cm³/mol. The number of benzene rings is 1. The largest absolute Gasteiger partial charge is 0.494 e. The van der Waals surface area contributed by atoms with E-state index in [1.807, 2.05) is 11.8 Å². The number of nitrogens with one attached hydrogen (secondary N) is 2. The molecule has 0 bridgehead atoms. The minimum absolute atomic E-state index is 0.0322. The van der Waals surface area contributed by atoms with E-state index in [0.29, 0.717) is 25.2 Å². The Kier molecular flexibility index (Phi) is 6.53. The third-order valence-corrected chi connectivity index (χ3v) is 6.53. The van der Waals surface area contributed by atoms with Crippen LogP contribution in [0.5, 0.6) is 5.75 Å². The number of hydrogen-bond donors (Lipinski definition) is 2. The summed E-state index contributed by atoms with van der Waals surface area (Å²) in [5, 5.41) is 0. The summed E-state index contributed by atoms with van der Waals surface area (Å²) in [6.45, 7) is 2.23. The minimum Gasteiger partial charge on any atom is -0.494 e. The first kappa shape index (κ1) is 21.3. The number of fused-ring (bicyclic) bond motifs is 1. The Labute approximate surface area is 169 Å². The van der Waals surface area contributed by atoms with Crippen LogP contribution in [0.1, 0.15) is 39.0 Å². The third kappa shape index (κ3) is 4.76. The Morgan fingerprint density at radius 3 is 2.24 bits per heavy atom. The van der Waals surface area contributed by atoms with Gasteiger partial charge < -0.3 is 4.74 Å². The van der Waals surface area contributed by atoms with Gasteiger partial charge in [0.25, 0.3) is 10.0 Å². The van der Waals surface area contributed by atoms with E-state index in [0.717, 1.165) is 17.7 Å². The highest BCUT2D eigenvalue weighted by Gasteiger charge is 2.47. The summed E-state index contributed by atoms with van der Waals surface area (Å²) in [7, 11) is -3.95. The van der Waals surface area contributed by atoms with Gasteiger partial charge in [-0.25, -0.2) is 8.42 Å². The fourth-order valence-corrected chi connectivity index (χ4v) is 4.65. The number of hydrogen-bond acceptors (Lipinski definition) is 6. The van der Waals surface area contributed by atoms with Gasteiger partial charge >= 0.3 is 0 Å². The van der Waals surface area contributed by atoms with Gasteiger partial charge in [0.1, 0.15) is 5.75 Å². The Morgan fingerprint density at radius 2 is 1.69 bits per heavy atom. The number of imide groups is 1. The highest BCUT2D eigenvalue weighted by atomic mass is 32.2. The molecule has 1 saturated carbocycles.